The summed E-state index contributed by atoms with van der Waals surface area (Å²) in [6.45, 7) is 0. The molecule has 0 saturated heterocycles. The van der Waals surface area contributed by atoms with Crippen LogP contribution in [0, 0.1) is 5.41 Å². The lowest BCUT2D eigenvalue weighted by Crippen LogP contribution is -2.39. The van der Waals surface area contributed by atoms with Gasteiger partial charge in [-0.2, -0.15) is 13.2 Å². The van der Waals surface area contributed by atoms with E-state index in [4.69, 9.17) is 5.11 Å². The van der Waals surface area contributed by atoms with Gasteiger partial charge in [0, 0.05) is 0 Å². The fourth-order valence-electron chi connectivity index (χ4n) is 2.27. The molecular weight excluding hydrogens is 245 g/mol. The molecule has 0 unspecified atom stereocenters. The van der Waals surface area contributed by atoms with Gasteiger partial charge in [0.2, 0.25) is 0 Å². The van der Waals surface area contributed by atoms with Crippen LogP contribution in [0.4, 0.5) is 13.2 Å². The van der Waals surface area contributed by atoms with Crippen molar-refractivity contribution in [2.24, 2.45) is 5.41 Å². The predicted molar refractivity (Wildman–Crippen MR) is 59.1 cm³/mol. The Morgan fingerprint density at radius 1 is 1.22 bits per heavy atom. The summed E-state index contributed by atoms with van der Waals surface area (Å²) in [5.41, 5.74) is -0.825. The van der Waals surface area contributed by atoms with Crippen molar-refractivity contribution in [2.45, 2.75) is 31.9 Å². The van der Waals surface area contributed by atoms with Crippen molar-refractivity contribution in [1.82, 2.24) is 0 Å². The molecule has 1 aliphatic carbocycles. The Morgan fingerprint density at radius 3 is 2.11 bits per heavy atom. The number of carbonyl (C=O) groups is 1. The molecule has 0 radical (unpaired) electrons. The molecule has 2 rings (SSSR count). The standard InChI is InChI=1S/C13H13F3O2/c14-13(15,16)10-4-2-9(3-5-10)8-12(11(17)18)6-1-7-12/h2-5H,1,6-8H2,(H,17,18). The van der Waals surface area contributed by atoms with Gasteiger partial charge in [0.05, 0.1) is 11.0 Å². The van der Waals surface area contributed by atoms with Crippen LogP contribution in [0.25, 0.3) is 0 Å². The van der Waals surface area contributed by atoms with E-state index < -0.39 is 23.1 Å². The summed E-state index contributed by atoms with van der Waals surface area (Å²) < 4.78 is 37.1. The SMILES string of the molecule is O=C(O)C1(Cc2ccc(C(F)(F)F)cc2)CCC1. The molecule has 0 aliphatic heterocycles. The van der Waals surface area contributed by atoms with Gasteiger partial charge in [0.1, 0.15) is 0 Å². The number of rotatable bonds is 3. The predicted octanol–water partition coefficient (Wildman–Crippen LogP) is 3.50. The summed E-state index contributed by atoms with van der Waals surface area (Å²) in [5.74, 6) is -0.853. The molecule has 18 heavy (non-hydrogen) atoms. The lowest BCUT2D eigenvalue weighted by Gasteiger charge is -2.37. The molecule has 0 amide bonds. The lowest BCUT2D eigenvalue weighted by atomic mass is 9.65. The molecule has 1 N–H and O–H groups in total. The van der Waals surface area contributed by atoms with Gasteiger partial charge in [-0.15, -0.1) is 0 Å². The zero-order valence-electron chi connectivity index (χ0n) is 9.63. The summed E-state index contributed by atoms with van der Waals surface area (Å²) in [7, 11) is 0. The molecule has 0 spiro atoms. The second kappa shape index (κ2) is 4.30. The van der Waals surface area contributed by atoms with E-state index in [1.807, 2.05) is 0 Å². The van der Waals surface area contributed by atoms with E-state index >= 15 is 0 Å². The largest absolute Gasteiger partial charge is 0.481 e. The smallest absolute Gasteiger partial charge is 0.416 e. The minimum Gasteiger partial charge on any atom is -0.481 e. The molecule has 0 atom stereocenters. The van der Waals surface area contributed by atoms with Crippen molar-refractivity contribution in [2.75, 3.05) is 0 Å². The van der Waals surface area contributed by atoms with Crippen molar-refractivity contribution >= 4 is 5.97 Å². The van der Waals surface area contributed by atoms with Crippen molar-refractivity contribution < 1.29 is 23.1 Å². The van der Waals surface area contributed by atoms with Gasteiger partial charge in [0.25, 0.3) is 0 Å². The van der Waals surface area contributed by atoms with E-state index in [0.29, 0.717) is 24.8 Å². The Hall–Kier alpha value is -1.52. The maximum Gasteiger partial charge on any atom is 0.416 e. The van der Waals surface area contributed by atoms with Crippen LogP contribution in [0.1, 0.15) is 30.4 Å². The molecular formula is C13H13F3O2. The van der Waals surface area contributed by atoms with E-state index in [1.165, 1.54) is 12.1 Å². The highest BCUT2D eigenvalue weighted by Gasteiger charge is 2.44. The zero-order valence-corrected chi connectivity index (χ0v) is 9.63. The Morgan fingerprint density at radius 2 is 1.78 bits per heavy atom. The topological polar surface area (TPSA) is 37.3 Å². The molecule has 1 aliphatic rings. The number of hydrogen-bond acceptors (Lipinski definition) is 1. The van der Waals surface area contributed by atoms with Gasteiger partial charge in [0.15, 0.2) is 0 Å². The molecule has 1 aromatic carbocycles. The minimum atomic E-state index is -4.35. The number of aliphatic carboxylic acids is 1. The molecule has 0 heterocycles. The van der Waals surface area contributed by atoms with Crippen LogP contribution in [0.5, 0.6) is 0 Å². The van der Waals surface area contributed by atoms with Crippen molar-refractivity contribution in [1.29, 1.82) is 0 Å². The lowest BCUT2D eigenvalue weighted by molar-refractivity contribution is -0.154. The van der Waals surface area contributed by atoms with E-state index in [9.17, 15) is 18.0 Å². The fourth-order valence-corrected chi connectivity index (χ4v) is 2.27. The van der Waals surface area contributed by atoms with Gasteiger partial charge in [-0.3, -0.25) is 4.79 Å². The summed E-state index contributed by atoms with van der Waals surface area (Å²) >= 11 is 0. The third kappa shape index (κ3) is 2.35. The summed E-state index contributed by atoms with van der Waals surface area (Å²) in [4.78, 5) is 11.2. The van der Waals surface area contributed by atoms with Gasteiger partial charge >= 0.3 is 12.1 Å². The molecule has 0 bridgehead atoms. The number of benzene rings is 1. The van der Waals surface area contributed by atoms with Gasteiger partial charge < -0.3 is 5.11 Å². The number of halogens is 3. The zero-order chi connectivity index (χ0) is 13.4. The monoisotopic (exact) mass is 258 g/mol. The minimum absolute atomic E-state index is 0.306. The first kappa shape index (κ1) is 12.9. The summed E-state index contributed by atoms with van der Waals surface area (Å²) in [5, 5.41) is 9.15. The normalized spacial score (nSPS) is 18.2. The van der Waals surface area contributed by atoms with E-state index in [2.05, 4.69) is 0 Å². The van der Waals surface area contributed by atoms with Crippen molar-refractivity contribution in [3.8, 4) is 0 Å². The van der Waals surface area contributed by atoms with E-state index in [0.717, 1.165) is 18.6 Å². The molecule has 1 fully saturated rings. The molecule has 1 aromatic rings. The second-order valence-corrected chi connectivity index (χ2v) is 4.81. The van der Waals surface area contributed by atoms with E-state index in [1.54, 1.807) is 0 Å². The summed E-state index contributed by atoms with van der Waals surface area (Å²) in [6.07, 6.45) is -1.97. The van der Waals surface area contributed by atoms with Crippen LogP contribution in [0.2, 0.25) is 0 Å². The Balaban J connectivity index is 2.14. The van der Waals surface area contributed by atoms with Crippen molar-refractivity contribution in [3.05, 3.63) is 35.4 Å². The molecule has 1 saturated carbocycles. The van der Waals surface area contributed by atoms with Crippen LogP contribution in [0.3, 0.4) is 0 Å². The molecule has 2 nitrogen and oxygen atoms in total. The van der Waals surface area contributed by atoms with Gasteiger partial charge in [-0.1, -0.05) is 18.6 Å². The highest BCUT2D eigenvalue weighted by atomic mass is 19.4. The van der Waals surface area contributed by atoms with Crippen LogP contribution >= 0.6 is 0 Å². The Labute approximate surface area is 102 Å². The maximum absolute atomic E-state index is 12.4. The van der Waals surface area contributed by atoms with Crippen LogP contribution in [-0.4, -0.2) is 11.1 Å². The van der Waals surface area contributed by atoms with Crippen molar-refractivity contribution in [3.63, 3.8) is 0 Å². The Kier molecular flexibility index (Phi) is 3.09. The first-order chi connectivity index (χ1) is 8.33. The third-order valence-corrected chi connectivity index (χ3v) is 3.59. The summed E-state index contributed by atoms with van der Waals surface area (Å²) in [6, 6.07) is 4.74. The average Bonchev–Trinajstić information content (AvgIpc) is 2.22. The van der Waals surface area contributed by atoms with Gasteiger partial charge in [-0.05, 0) is 37.0 Å². The number of hydrogen-bond donors (Lipinski definition) is 1. The number of carboxylic acid groups (broad SMARTS) is 1. The number of alkyl halides is 3. The number of carboxylic acids is 1. The maximum atomic E-state index is 12.4. The first-order valence-corrected chi connectivity index (χ1v) is 5.73. The first-order valence-electron chi connectivity index (χ1n) is 5.73. The molecule has 0 aromatic heterocycles. The average molecular weight is 258 g/mol. The van der Waals surface area contributed by atoms with Crippen LogP contribution in [-0.2, 0) is 17.4 Å². The third-order valence-electron chi connectivity index (χ3n) is 3.59. The fraction of sp³-hybridized carbons (Fsp3) is 0.462. The molecule has 98 valence electrons. The quantitative estimate of drug-likeness (QED) is 0.900. The van der Waals surface area contributed by atoms with Gasteiger partial charge in [-0.25, -0.2) is 0 Å². The highest BCUT2D eigenvalue weighted by Crippen LogP contribution is 2.44. The van der Waals surface area contributed by atoms with Crippen LogP contribution in [0.15, 0.2) is 24.3 Å². The van der Waals surface area contributed by atoms with Crippen LogP contribution < -0.4 is 0 Å². The molecule has 5 heteroatoms. The van der Waals surface area contributed by atoms with E-state index in [-0.39, 0.29) is 0 Å². The highest BCUT2D eigenvalue weighted by molar-refractivity contribution is 5.76. The second-order valence-electron chi connectivity index (χ2n) is 4.81. The Bertz CT molecular complexity index is 444.